The van der Waals surface area contributed by atoms with Gasteiger partial charge in [0.2, 0.25) is 0 Å². The molecule has 0 N–H and O–H groups in total. The lowest BCUT2D eigenvalue weighted by atomic mass is 9.94. The smallest absolute Gasteiger partial charge is 0.480 e. The predicted molar refractivity (Wildman–Crippen MR) is 100 cm³/mol. The molecule has 0 bridgehead atoms. The van der Waals surface area contributed by atoms with Gasteiger partial charge in [-0.05, 0) is 61.9 Å². The van der Waals surface area contributed by atoms with Gasteiger partial charge < -0.3 is 8.85 Å². The molecule has 0 amide bonds. The van der Waals surface area contributed by atoms with Crippen LogP contribution in [0, 0.1) is 10.8 Å². The highest BCUT2D eigenvalue weighted by Crippen LogP contribution is 2.29. The largest absolute Gasteiger partial charge is 0.490 e. The highest BCUT2D eigenvalue weighted by atomic mass is 28.4. The van der Waals surface area contributed by atoms with Gasteiger partial charge in [0.15, 0.2) is 0 Å². The summed E-state index contributed by atoms with van der Waals surface area (Å²) in [5.41, 5.74) is 0.552. The molecule has 0 unspecified atom stereocenters. The maximum Gasteiger partial charge on any atom is 0.480 e. The van der Waals surface area contributed by atoms with E-state index in [-0.39, 0.29) is 10.8 Å². The number of hydrogen-bond acceptors (Lipinski definition) is 3. The van der Waals surface area contributed by atoms with Gasteiger partial charge in [0.05, 0.1) is 0 Å². The number of carbonyl (C=O) groups excluding carboxylic acids is 1. The van der Waals surface area contributed by atoms with Gasteiger partial charge in [0.1, 0.15) is 0 Å². The minimum Gasteiger partial charge on any atom is -0.490 e. The van der Waals surface area contributed by atoms with Gasteiger partial charge in [-0.2, -0.15) is 0 Å². The topological polar surface area (TPSA) is 35.5 Å². The molecule has 0 radical (unpaired) electrons. The van der Waals surface area contributed by atoms with Crippen LogP contribution in [0.25, 0.3) is 0 Å². The van der Waals surface area contributed by atoms with Crippen LogP contribution in [0.3, 0.4) is 0 Å². The fourth-order valence-electron chi connectivity index (χ4n) is 1.93. The molecule has 0 fully saturated rings. The fourth-order valence-corrected chi connectivity index (χ4v) is 5.90. The Balaban J connectivity index is 4.41. The van der Waals surface area contributed by atoms with Crippen molar-refractivity contribution in [1.82, 2.24) is 0 Å². The van der Waals surface area contributed by atoms with Crippen LogP contribution in [-0.2, 0) is 8.85 Å². The quantitative estimate of drug-likeness (QED) is 0.520. The first-order valence-corrected chi connectivity index (χ1v) is 14.7. The van der Waals surface area contributed by atoms with E-state index in [2.05, 4.69) is 67.7 Å². The summed E-state index contributed by atoms with van der Waals surface area (Å²) >= 11 is 0. The van der Waals surface area contributed by atoms with Crippen LogP contribution >= 0.6 is 0 Å². The molecule has 0 aliphatic heterocycles. The molecule has 0 spiro atoms. The van der Waals surface area contributed by atoms with Crippen molar-refractivity contribution in [3.63, 3.8) is 0 Å². The van der Waals surface area contributed by atoms with E-state index in [1.54, 1.807) is 0 Å². The minimum absolute atomic E-state index is 0.276. The third kappa shape index (κ3) is 12.3. The molecule has 0 aliphatic rings. The van der Waals surface area contributed by atoms with Gasteiger partial charge in [-0.3, -0.25) is 0 Å². The molecular formula is C17H38O3Si2. The van der Waals surface area contributed by atoms with Gasteiger partial charge in [-0.1, -0.05) is 41.5 Å². The Bertz CT molecular complexity index is 329. The Hall–Kier alpha value is -0.296. The first kappa shape index (κ1) is 21.7. The first-order valence-electron chi connectivity index (χ1n) is 8.43. The molecule has 5 heteroatoms. The average molecular weight is 347 g/mol. The molecule has 0 aliphatic carbocycles. The van der Waals surface area contributed by atoms with Crippen LogP contribution in [0.15, 0.2) is 0 Å². The lowest BCUT2D eigenvalue weighted by Gasteiger charge is -2.30. The summed E-state index contributed by atoms with van der Waals surface area (Å²) < 4.78 is 11.4. The number of hydrogen-bond donors (Lipinski definition) is 0. The molecule has 0 aromatic rings. The van der Waals surface area contributed by atoms with Crippen LogP contribution in [0.1, 0.15) is 54.4 Å². The zero-order valence-electron chi connectivity index (χ0n) is 16.6. The summed E-state index contributed by atoms with van der Waals surface area (Å²) in [7, 11) is -3.98. The highest BCUT2D eigenvalue weighted by Gasteiger charge is 2.34. The lowest BCUT2D eigenvalue weighted by molar-refractivity contribution is 0.145. The minimum atomic E-state index is -1.99. The van der Waals surface area contributed by atoms with E-state index in [9.17, 15) is 4.79 Å². The third-order valence-electron chi connectivity index (χ3n) is 3.67. The summed E-state index contributed by atoms with van der Waals surface area (Å²) in [6, 6.07) is 1.96. The van der Waals surface area contributed by atoms with Gasteiger partial charge in [0.25, 0.3) is 16.6 Å². The summed E-state index contributed by atoms with van der Waals surface area (Å²) in [4.78, 5) is 12.1. The van der Waals surface area contributed by atoms with Crippen LogP contribution in [0.2, 0.25) is 38.3 Å². The second-order valence-electron chi connectivity index (χ2n) is 10.1. The summed E-state index contributed by atoms with van der Waals surface area (Å²) in [6.45, 7) is 21.7. The van der Waals surface area contributed by atoms with E-state index < -0.39 is 22.8 Å². The van der Waals surface area contributed by atoms with Crippen molar-refractivity contribution < 1.29 is 13.6 Å². The molecule has 0 saturated heterocycles. The monoisotopic (exact) mass is 346 g/mol. The molecule has 0 heterocycles. The van der Waals surface area contributed by atoms with E-state index in [0.717, 1.165) is 24.9 Å². The number of rotatable bonds is 6. The Morgan fingerprint density at radius 3 is 1.23 bits per heavy atom. The maximum absolute atomic E-state index is 12.1. The summed E-state index contributed by atoms with van der Waals surface area (Å²) in [5, 5.41) is 0. The maximum atomic E-state index is 12.1. The van der Waals surface area contributed by atoms with Gasteiger partial charge in [-0.25, -0.2) is 4.79 Å². The van der Waals surface area contributed by atoms with Crippen molar-refractivity contribution >= 4 is 22.8 Å². The van der Waals surface area contributed by atoms with Crippen molar-refractivity contribution in [2.24, 2.45) is 10.8 Å². The van der Waals surface area contributed by atoms with Crippen molar-refractivity contribution in [2.45, 2.75) is 92.7 Å². The molecule has 0 rings (SSSR count). The number of carbonyl (C=O) groups is 1. The Morgan fingerprint density at radius 2 is 1.00 bits per heavy atom. The van der Waals surface area contributed by atoms with Crippen LogP contribution in [0.5, 0.6) is 0 Å². The SMILES string of the molecule is CC(C)(C)CC[Si](C)(C)OC(=O)O[Si](C)(C)CCC(C)(C)C. The Kier molecular flexibility index (Phi) is 7.41. The molecule has 0 saturated carbocycles. The second kappa shape index (κ2) is 7.52. The molecule has 3 nitrogen and oxygen atoms in total. The molecule has 0 atom stereocenters. The molecular weight excluding hydrogens is 308 g/mol. The predicted octanol–water partition coefficient (Wildman–Crippen LogP) is 6.42. The van der Waals surface area contributed by atoms with Gasteiger partial charge in [0, 0.05) is 0 Å². The standard InChI is InChI=1S/C17H38O3Si2/c1-16(2,3)11-13-21(7,8)19-15(18)20-22(9,10)14-12-17(4,5)6/h11-14H2,1-10H3. The Morgan fingerprint density at radius 1 is 0.727 bits per heavy atom. The van der Waals surface area contributed by atoms with Crippen LogP contribution in [0.4, 0.5) is 4.79 Å². The summed E-state index contributed by atoms with van der Waals surface area (Å²) in [5.74, 6) is 0. The second-order valence-corrected chi connectivity index (χ2v) is 18.5. The van der Waals surface area contributed by atoms with Gasteiger partial charge in [-0.15, -0.1) is 0 Å². The zero-order valence-corrected chi connectivity index (χ0v) is 18.6. The normalized spacial score (nSPS) is 13.9. The van der Waals surface area contributed by atoms with E-state index in [1.807, 2.05) is 0 Å². The zero-order chi connectivity index (χ0) is 17.8. The van der Waals surface area contributed by atoms with E-state index in [0.29, 0.717) is 0 Å². The van der Waals surface area contributed by atoms with Crippen LogP contribution < -0.4 is 0 Å². The molecule has 0 aromatic carbocycles. The highest BCUT2D eigenvalue weighted by molar-refractivity contribution is 6.74. The third-order valence-corrected chi connectivity index (χ3v) is 8.02. The van der Waals surface area contributed by atoms with E-state index >= 15 is 0 Å². The van der Waals surface area contributed by atoms with Gasteiger partial charge >= 0.3 is 6.16 Å². The van der Waals surface area contributed by atoms with Crippen molar-refractivity contribution in [3.8, 4) is 0 Å². The van der Waals surface area contributed by atoms with E-state index in [1.165, 1.54) is 0 Å². The lowest BCUT2D eigenvalue weighted by Crippen LogP contribution is -2.40. The van der Waals surface area contributed by atoms with Crippen molar-refractivity contribution in [3.05, 3.63) is 0 Å². The van der Waals surface area contributed by atoms with Crippen molar-refractivity contribution in [2.75, 3.05) is 0 Å². The molecule has 0 aromatic heterocycles. The average Bonchev–Trinajstić information content (AvgIpc) is 2.20. The molecule has 132 valence electrons. The first-order chi connectivity index (χ1) is 9.52. The van der Waals surface area contributed by atoms with Crippen LogP contribution in [-0.4, -0.2) is 22.8 Å². The molecule has 22 heavy (non-hydrogen) atoms. The van der Waals surface area contributed by atoms with Crippen molar-refractivity contribution in [1.29, 1.82) is 0 Å². The summed E-state index contributed by atoms with van der Waals surface area (Å²) in [6.07, 6.45) is 1.71. The Labute approximate surface area is 140 Å². The fraction of sp³-hybridized carbons (Fsp3) is 0.941. The van der Waals surface area contributed by atoms with E-state index in [4.69, 9.17) is 8.85 Å².